The number of thiazole rings is 1. The number of phenols is 1. The van der Waals surface area contributed by atoms with Gasteiger partial charge in [-0.3, -0.25) is 38.5 Å². The Balaban J connectivity index is 1.88. The topological polar surface area (TPSA) is 226 Å². The summed E-state index contributed by atoms with van der Waals surface area (Å²) in [6, 6.07) is 4.10. The Morgan fingerprint density at radius 1 is 0.928 bits per heavy atom. The average molecular weight is 1020 g/mol. The number of rotatable bonds is 29. The van der Waals surface area contributed by atoms with Gasteiger partial charge in [0.15, 0.2) is 12.8 Å². The fourth-order valence-corrected chi connectivity index (χ4v) is 10.6. The number of likely N-dealkylation sites (tertiary alicyclic amines) is 1. The summed E-state index contributed by atoms with van der Waals surface area (Å²) in [5.41, 5.74) is 0.898. The molecule has 3 rings (SSSR count). The molecule has 0 bridgehead atoms. The van der Waals surface area contributed by atoms with E-state index in [1.165, 1.54) is 18.7 Å². The summed E-state index contributed by atoms with van der Waals surface area (Å²) in [5, 5.41) is 23.6. The third-order valence-electron chi connectivity index (χ3n) is 12.0. The molecule has 0 saturated carbocycles. The first-order chi connectivity index (χ1) is 32.7. The maximum absolute atomic E-state index is 14.9. The Morgan fingerprint density at radius 3 is 2.19 bits per heavy atom. The highest BCUT2D eigenvalue weighted by atomic mass is 33.1. The number of benzene rings is 1. The predicted octanol–water partition coefficient (Wildman–Crippen LogP) is 6.26. The summed E-state index contributed by atoms with van der Waals surface area (Å²) in [6.45, 7) is 17.4. The number of nitrogens with zero attached hydrogens (tertiary/aromatic N) is 3. The van der Waals surface area contributed by atoms with Gasteiger partial charge in [0.25, 0.3) is 5.91 Å². The van der Waals surface area contributed by atoms with Crippen LogP contribution in [0.25, 0.3) is 0 Å². The SMILES string of the molecule is CC[C@H](C)[C@H](NC(=O)[C@H]1CCCCN1C)C(=O)N(COC(=O)CC(C)C)[C@H](C[C@@H](OC(C)=O)c1nc(C(=O)N[C@@H](Cc2ccc(O)cc2)C[C@H](C)C(=O)NCCSSCCNC(C)=O)cs1)C(C)C. The van der Waals surface area contributed by atoms with Crippen LogP contribution in [-0.2, 0) is 44.7 Å². The molecule has 1 aliphatic rings. The lowest BCUT2D eigenvalue weighted by atomic mass is 9.92. The second-order valence-electron chi connectivity index (χ2n) is 18.7. The lowest BCUT2D eigenvalue weighted by Crippen LogP contribution is -2.59. The van der Waals surface area contributed by atoms with E-state index >= 15 is 0 Å². The molecule has 1 aromatic carbocycles. The normalized spacial score (nSPS) is 16.6. The average Bonchev–Trinajstić information content (AvgIpc) is 3.79. The van der Waals surface area contributed by atoms with Crippen LogP contribution < -0.4 is 21.3 Å². The van der Waals surface area contributed by atoms with Crippen LogP contribution in [0.4, 0.5) is 0 Å². The zero-order chi connectivity index (χ0) is 51.2. The largest absolute Gasteiger partial charge is 0.508 e. The number of hydrogen-bond acceptors (Lipinski definition) is 15. The van der Waals surface area contributed by atoms with Gasteiger partial charge in [0, 0.05) is 74.7 Å². The van der Waals surface area contributed by atoms with Crippen LogP contribution in [0.3, 0.4) is 0 Å². The second-order valence-corrected chi connectivity index (χ2v) is 22.3. The van der Waals surface area contributed by atoms with E-state index in [9.17, 15) is 38.7 Å². The Hall–Kier alpha value is -4.40. The third kappa shape index (κ3) is 20.8. The van der Waals surface area contributed by atoms with Crippen LogP contribution >= 0.6 is 32.9 Å². The zero-order valence-electron chi connectivity index (χ0n) is 42.2. The van der Waals surface area contributed by atoms with Crippen LogP contribution in [0.15, 0.2) is 29.6 Å². The third-order valence-corrected chi connectivity index (χ3v) is 15.3. The number of aromatic hydroxyl groups is 1. The molecule has 1 saturated heterocycles. The molecular weight excluding hydrogens is 943 g/mol. The first kappa shape index (κ1) is 58.9. The molecule has 0 spiro atoms. The highest BCUT2D eigenvalue weighted by Gasteiger charge is 2.39. The summed E-state index contributed by atoms with van der Waals surface area (Å²) in [6.07, 6.45) is 2.95. The van der Waals surface area contributed by atoms with E-state index in [0.29, 0.717) is 49.5 Å². The number of esters is 2. The lowest BCUT2D eigenvalue weighted by Gasteiger charge is -2.39. The molecule has 5 N–H and O–H groups in total. The smallest absolute Gasteiger partial charge is 0.307 e. The quantitative estimate of drug-likeness (QED) is 0.0263. The molecule has 1 fully saturated rings. The van der Waals surface area contributed by atoms with Gasteiger partial charge in [0.1, 0.15) is 22.5 Å². The fourth-order valence-electron chi connectivity index (χ4n) is 7.97. The van der Waals surface area contributed by atoms with Gasteiger partial charge in [-0.25, -0.2) is 4.98 Å². The van der Waals surface area contributed by atoms with Gasteiger partial charge in [-0.15, -0.1) is 11.3 Å². The molecule has 2 heterocycles. The van der Waals surface area contributed by atoms with Gasteiger partial charge in [0.05, 0.1) is 6.04 Å². The van der Waals surface area contributed by atoms with Gasteiger partial charge in [-0.05, 0) is 74.7 Å². The van der Waals surface area contributed by atoms with Crippen molar-refractivity contribution in [2.45, 2.75) is 144 Å². The lowest BCUT2D eigenvalue weighted by molar-refractivity contribution is -0.161. The number of carbonyl (C=O) groups is 7. The van der Waals surface area contributed by atoms with E-state index in [2.05, 4.69) is 26.3 Å². The van der Waals surface area contributed by atoms with E-state index < -0.39 is 60.6 Å². The number of ether oxygens (including phenoxy) is 2. The number of nitrogens with one attached hydrogen (secondary N) is 4. The van der Waals surface area contributed by atoms with Crippen molar-refractivity contribution in [2.24, 2.45) is 23.7 Å². The molecule has 1 aromatic heterocycles. The maximum atomic E-state index is 14.9. The Morgan fingerprint density at radius 2 is 1.59 bits per heavy atom. The molecule has 1 aliphatic heterocycles. The van der Waals surface area contributed by atoms with E-state index in [0.717, 1.165) is 42.0 Å². The second kappa shape index (κ2) is 30.4. The van der Waals surface area contributed by atoms with Crippen molar-refractivity contribution in [3.63, 3.8) is 0 Å². The predicted molar refractivity (Wildman–Crippen MR) is 272 cm³/mol. The standard InChI is InChI=1S/C49H77N7O10S3/c1-11-32(6)44(54-47(63)40-14-12-13-21-55(40)10)49(64)56(29-65-43(60)24-30(2)3)41(31(4)5)27-42(66-35(9)58)48-53-39(28-67-48)46(62)52-37(26-36-15-17-38(59)18-16-36)25-33(7)45(61)51-20-23-69-68-22-19-50-34(8)57/h15-18,28,30-33,37,40-42,44,59H,11-14,19-27,29H2,1-10H3,(H,50,57)(H,51,61)(H,52,62)(H,54,63)/t32-,33-,37+,40+,41+,42+,44-/m0/s1. The minimum atomic E-state index is -1.01. The fraction of sp³-hybridized carbons (Fsp3) is 0.673. The summed E-state index contributed by atoms with van der Waals surface area (Å²) in [7, 11) is 5.11. The minimum Gasteiger partial charge on any atom is -0.508 e. The molecule has 0 aliphatic carbocycles. The molecule has 0 radical (unpaired) electrons. The molecule has 0 unspecified atom stereocenters. The van der Waals surface area contributed by atoms with Gasteiger partial charge in [0.2, 0.25) is 23.6 Å². The monoisotopic (exact) mass is 1020 g/mol. The van der Waals surface area contributed by atoms with Crippen molar-refractivity contribution in [3.05, 3.63) is 45.9 Å². The number of likely N-dealkylation sites (N-methyl/N-ethyl adjacent to an activating group) is 1. The number of amides is 5. The summed E-state index contributed by atoms with van der Waals surface area (Å²) < 4.78 is 11.7. The maximum Gasteiger partial charge on any atom is 0.307 e. The highest BCUT2D eigenvalue weighted by Crippen LogP contribution is 2.32. The first-order valence-corrected chi connectivity index (χ1v) is 27.5. The molecular formula is C49H77N7O10S3. The van der Waals surface area contributed by atoms with E-state index in [1.54, 1.807) is 58.2 Å². The summed E-state index contributed by atoms with van der Waals surface area (Å²) >= 11 is 1.12. The van der Waals surface area contributed by atoms with E-state index in [1.807, 2.05) is 53.5 Å². The van der Waals surface area contributed by atoms with Crippen molar-refractivity contribution in [1.29, 1.82) is 0 Å². The molecule has 17 nitrogen and oxygen atoms in total. The van der Waals surface area contributed by atoms with E-state index in [-0.39, 0.29) is 65.8 Å². The van der Waals surface area contributed by atoms with Crippen molar-refractivity contribution in [2.75, 3.05) is 44.9 Å². The highest BCUT2D eigenvalue weighted by molar-refractivity contribution is 8.76. The molecule has 69 heavy (non-hydrogen) atoms. The number of hydrogen-bond donors (Lipinski definition) is 5. The molecule has 20 heteroatoms. The molecule has 7 atom stereocenters. The van der Waals surface area contributed by atoms with Crippen molar-refractivity contribution < 1.29 is 48.1 Å². The Labute approximate surface area is 420 Å². The van der Waals surface area contributed by atoms with Crippen LogP contribution in [0.2, 0.25) is 0 Å². The zero-order valence-corrected chi connectivity index (χ0v) is 44.6. The summed E-state index contributed by atoms with van der Waals surface area (Å²) in [5.74, 6) is -2.00. The van der Waals surface area contributed by atoms with Crippen LogP contribution in [-0.4, -0.2) is 130 Å². The minimum absolute atomic E-state index is 0.0104. The first-order valence-electron chi connectivity index (χ1n) is 24.1. The number of aromatic nitrogens is 1. The van der Waals surface area contributed by atoms with Gasteiger partial charge >= 0.3 is 11.9 Å². The molecule has 5 amide bonds. The van der Waals surface area contributed by atoms with Crippen LogP contribution in [0.1, 0.15) is 134 Å². The van der Waals surface area contributed by atoms with Gasteiger partial charge < -0.3 is 40.7 Å². The molecule has 386 valence electrons. The van der Waals surface area contributed by atoms with Crippen LogP contribution in [0.5, 0.6) is 5.75 Å². The number of phenolic OH excluding ortho intramolecular Hbond substituents is 1. The Kier molecular flexibility index (Phi) is 25.9. The van der Waals surface area contributed by atoms with Gasteiger partial charge in [-0.1, -0.05) is 95.0 Å². The van der Waals surface area contributed by atoms with Crippen molar-refractivity contribution in [3.8, 4) is 5.75 Å². The Bertz CT molecular complexity index is 1970. The van der Waals surface area contributed by atoms with Gasteiger partial charge in [-0.2, -0.15) is 0 Å². The number of carbonyl (C=O) groups excluding carboxylic acids is 7. The number of piperidine rings is 1. The molecule has 2 aromatic rings. The summed E-state index contributed by atoms with van der Waals surface area (Å²) in [4.78, 5) is 101. The van der Waals surface area contributed by atoms with Crippen molar-refractivity contribution >= 4 is 74.4 Å². The van der Waals surface area contributed by atoms with Crippen LogP contribution in [0, 0.1) is 23.7 Å². The van der Waals surface area contributed by atoms with E-state index in [4.69, 9.17) is 9.47 Å². The van der Waals surface area contributed by atoms with Crippen molar-refractivity contribution in [1.82, 2.24) is 36.1 Å².